The van der Waals surface area contributed by atoms with Gasteiger partial charge in [0.05, 0.1) is 5.69 Å². The highest BCUT2D eigenvalue weighted by Crippen LogP contribution is 2.60. The van der Waals surface area contributed by atoms with E-state index in [0.717, 1.165) is 52.4 Å². The average molecular weight is 564 g/mol. The van der Waals surface area contributed by atoms with E-state index in [1.807, 2.05) is 44.2 Å². The minimum absolute atomic E-state index is 0.0851. The summed E-state index contributed by atoms with van der Waals surface area (Å²) in [6.45, 7) is 6.16. The van der Waals surface area contributed by atoms with Crippen molar-refractivity contribution in [2.45, 2.75) is 71.1 Å². The van der Waals surface area contributed by atoms with Gasteiger partial charge in [0.1, 0.15) is 5.57 Å². The van der Waals surface area contributed by atoms with E-state index in [4.69, 9.17) is 12.2 Å². The van der Waals surface area contributed by atoms with Crippen LogP contribution in [0.3, 0.4) is 0 Å². The lowest BCUT2D eigenvalue weighted by Crippen LogP contribution is -2.54. The Labute approximate surface area is 247 Å². The molecule has 210 valence electrons. The van der Waals surface area contributed by atoms with E-state index < -0.39 is 11.8 Å². The molecular weight excluding hydrogens is 526 g/mol. The number of benzene rings is 2. The van der Waals surface area contributed by atoms with Crippen LogP contribution in [0, 0.1) is 31.6 Å². The van der Waals surface area contributed by atoms with Gasteiger partial charge in [-0.05, 0) is 141 Å². The Bertz CT molecular complexity index is 1580. The van der Waals surface area contributed by atoms with Crippen molar-refractivity contribution >= 4 is 40.9 Å². The second-order valence-electron chi connectivity index (χ2n) is 12.8. The highest BCUT2D eigenvalue weighted by atomic mass is 32.1. The molecule has 0 spiro atoms. The molecule has 4 saturated carbocycles. The number of hydrogen-bond acceptors (Lipinski definition) is 3. The maximum absolute atomic E-state index is 13.7. The molecule has 2 heterocycles. The van der Waals surface area contributed by atoms with Gasteiger partial charge in [0.2, 0.25) is 0 Å². The predicted octanol–water partition coefficient (Wildman–Crippen LogP) is 6.96. The summed E-state index contributed by atoms with van der Waals surface area (Å²) in [6.07, 6.45) is 10.9. The van der Waals surface area contributed by atoms with E-state index in [2.05, 4.69) is 41.1 Å². The van der Waals surface area contributed by atoms with E-state index >= 15 is 0 Å². The first-order chi connectivity index (χ1) is 19.8. The molecule has 1 aromatic heterocycles. The number of carbonyl (C=O) groups is 2. The molecule has 3 aromatic rings. The van der Waals surface area contributed by atoms with Crippen molar-refractivity contribution in [3.05, 3.63) is 88.2 Å². The van der Waals surface area contributed by atoms with E-state index in [1.165, 1.54) is 49.0 Å². The third-order valence-electron chi connectivity index (χ3n) is 10.3. The quantitative estimate of drug-likeness (QED) is 0.208. The molecule has 6 heteroatoms. The SMILES string of the molecule is CCc1ccccc1N1C(=O)/C(=C/c2cc(C)n(-c3ccc(C45CC6CC(CC(C6)C4)C5)cc3)c2C)C(=O)NC1=S. The molecule has 41 heavy (non-hydrogen) atoms. The van der Waals surface area contributed by atoms with Crippen LogP contribution in [0.4, 0.5) is 5.69 Å². The standard InChI is InChI=1S/C35H37N3O2S/c1-4-26-7-5-6-8-31(26)38-33(40)30(32(39)36-34(38)41)17-27-13-21(2)37(22(27)3)29-11-9-28(10-12-29)35-18-23-14-24(19-35)16-25(15-23)20-35/h5-13,17,23-25H,4,14-16,18-20H2,1-3H3,(H,36,39,41)/b30-17+. The molecule has 1 saturated heterocycles. The minimum atomic E-state index is -0.463. The number of amides is 2. The van der Waals surface area contributed by atoms with Gasteiger partial charge in [0, 0.05) is 17.1 Å². The summed E-state index contributed by atoms with van der Waals surface area (Å²) in [5.74, 6) is 1.90. The van der Waals surface area contributed by atoms with Gasteiger partial charge in [-0.1, -0.05) is 37.3 Å². The van der Waals surface area contributed by atoms with Crippen molar-refractivity contribution in [2.75, 3.05) is 4.90 Å². The lowest BCUT2D eigenvalue weighted by atomic mass is 9.48. The monoisotopic (exact) mass is 563 g/mol. The largest absolute Gasteiger partial charge is 0.318 e. The highest BCUT2D eigenvalue weighted by Gasteiger charge is 2.51. The van der Waals surface area contributed by atoms with Gasteiger partial charge in [-0.2, -0.15) is 0 Å². The van der Waals surface area contributed by atoms with Crippen LogP contribution >= 0.6 is 12.2 Å². The normalized spacial score (nSPS) is 28.1. The molecule has 0 unspecified atom stereocenters. The Balaban J connectivity index is 1.20. The topological polar surface area (TPSA) is 54.3 Å². The van der Waals surface area contributed by atoms with Crippen LogP contribution in [0.25, 0.3) is 11.8 Å². The molecule has 4 aliphatic carbocycles. The number of hydrogen-bond donors (Lipinski definition) is 1. The van der Waals surface area contributed by atoms with E-state index in [-0.39, 0.29) is 10.7 Å². The molecule has 5 aliphatic rings. The van der Waals surface area contributed by atoms with Crippen LogP contribution in [0.1, 0.15) is 73.5 Å². The number of carbonyl (C=O) groups excluding carboxylic acids is 2. The van der Waals surface area contributed by atoms with Crippen LogP contribution in [0.5, 0.6) is 0 Å². The van der Waals surface area contributed by atoms with Gasteiger partial charge in [-0.25, -0.2) is 0 Å². The average Bonchev–Trinajstić information content (AvgIpc) is 3.22. The summed E-state index contributed by atoms with van der Waals surface area (Å²) in [7, 11) is 0. The lowest BCUT2D eigenvalue weighted by Gasteiger charge is -2.57. The second kappa shape index (κ2) is 9.80. The van der Waals surface area contributed by atoms with E-state index in [1.54, 1.807) is 6.08 Å². The fourth-order valence-corrected chi connectivity index (χ4v) is 9.09. The summed E-state index contributed by atoms with van der Waals surface area (Å²) in [5.41, 5.74) is 7.69. The first-order valence-corrected chi connectivity index (χ1v) is 15.5. The fourth-order valence-electron chi connectivity index (χ4n) is 8.82. The van der Waals surface area contributed by atoms with Crippen LogP contribution in [0.2, 0.25) is 0 Å². The number of thiocarbonyl (C=S) groups is 1. The summed E-state index contributed by atoms with van der Waals surface area (Å²) in [4.78, 5) is 28.1. The van der Waals surface area contributed by atoms with E-state index in [0.29, 0.717) is 11.1 Å². The fraction of sp³-hybridized carbons (Fsp3) is 0.400. The molecule has 0 atom stereocenters. The smallest absolute Gasteiger partial charge is 0.270 e. The van der Waals surface area contributed by atoms with Gasteiger partial charge in [-0.15, -0.1) is 0 Å². The van der Waals surface area contributed by atoms with Gasteiger partial charge in [-0.3, -0.25) is 19.8 Å². The summed E-state index contributed by atoms with van der Waals surface area (Å²) < 4.78 is 2.22. The van der Waals surface area contributed by atoms with Crippen LogP contribution in [-0.2, 0) is 21.4 Å². The Kier molecular flexibility index (Phi) is 6.31. The van der Waals surface area contributed by atoms with Crippen LogP contribution in [0.15, 0.2) is 60.2 Å². The second-order valence-corrected chi connectivity index (χ2v) is 13.2. The van der Waals surface area contributed by atoms with Crippen molar-refractivity contribution in [2.24, 2.45) is 17.8 Å². The van der Waals surface area contributed by atoms with Crippen LogP contribution in [-0.4, -0.2) is 21.5 Å². The summed E-state index contributed by atoms with van der Waals surface area (Å²) in [6, 6.07) is 19.0. The predicted molar refractivity (Wildman–Crippen MR) is 167 cm³/mol. The first kappa shape index (κ1) is 26.4. The van der Waals surface area contributed by atoms with Crippen molar-refractivity contribution in [3.63, 3.8) is 0 Å². The Morgan fingerprint density at radius 3 is 2.22 bits per heavy atom. The molecular formula is C35H37N3O2S. The number of anilines is 1. The number of aryl methyl sites for hydroxylation is 2. The number of nitrogens with one attached hydrogen (secondary N) is 1. The maximum atomic E-state index is 13.7. The molecule has 2 aromatic carbocycles. The third-order valence-corrected chi connectivity index (χ3v) is 10.5. The zero-order valence-electron chi connectivity index (χ0n) is 24.1. The molecule has 5 fully saturated rings. The molecule has 0 radical (unpaired) electrons. The van der Waals surface area contributed by atoms with Gasteiger partial charge >= 0.3 is 0 Å². The molecule has 5 nitrogen and oxygen atoms in total. The van der Waals surface area contributed by atoms with E-state index in [9.17, 15) is 9.59 Å². The summed E-state index contributed by atoms with van der Waals surface area (Å²) in [5, 5.41) is 2.85. The van der Waals surface area contributed by atoms with Gasteiger partial charge in [0.15, 0.2) is 5.11 Å². The Morgan fingerprint density at radius 1 is 0.951 bits per heavy atom. The van der Waals surface area contributed by atoms with Crippen molar-refractivity contribution < 1.29 is 9.59 Å². The molecule has 8 rings (SSSR count). The van der Waals surface area contributed by atoms with Crippen molar-refractivity contribution in [3.8, 4) is 5.69 Å². The number of rotatable bonds is 5. The minimum Gasteiger partial charge on any atom is -0.318 e. The van der Waals surface area contributed by atoms with Gasteiger partial charge in [0.25, 0.3) is 11.8 Å². The molecule has 1 N–H and O–H groups in total. The third kappa shape index (κ3) is 4.30. The van der Waals surface area contributed by atoms with Crippen molar-refractivity contribution in [1.29, 1.82) is 0 Å². The Morgan fingerprint density at radius 2 is 1.59 bits per heavy atom. The lowest BCUT2D eigenvalue weighted by molar-refractivity contribution is -0.122. The number of aromatic nitrogens is 1. The number of nitrogens with zero attached hydrogens (tertiary/aromatic N) is 2. The van der Waals surface area contributed by atoms with Crippen molar-refractivity contribution in [1.82, 2.24) is 9.88 Å². The zero-order chi connectivity index (χ0) is 28.5. The molecule has 2 amide bonds. The first-order valence-electron chi connectivity index (χ1n) is 15.1. The maximum Gasteiger partial charge on any atom is 0.270 e. The number of para-hydroxylation sites is 1. The van der Waals surface area contributed by atoms with Gasteiger partial charge < -0.3 is 4.57 Å². The molecule has 1 aliphatic heterocycles. The summed E-state index contributed by atoms with van der Waals surface area (Å²) >= 11 is 5.44. The Hall–Kier alpha value is -3.51. The zero-order valence-corrected chi connectivity index (χ0v) is 24.9. The van der Waals surface area contributed by atoms with Crippen LogP contribution < -0.4 is 10.2 Å². The molecule has 4 bridgehead atoms. The highest BCUT2D eigenvalue weighted by molar-refractivity contribution is 7.80.